The molecule has 0 fully saturated rings. The fraction of sp³-hybridized carbons (Fsp3) is 0.250. The van der Waals surface area contributed by atoms with E-state index in [1.807, 2.05) is 62.6 Å². The predicted octanol–water partition coefficient (Wildman–Crippen LogP) is 3.91. The number of allylic oxidation sites excluding steroid dienone is 1. The third-order valence-corrected chi connectivity index (χ3v) is 3.38. The van der Waals surface area contributed by atoms with Gasteiger partial charge in [0.1, 0.15) is 5.75 Å². The van der Waals surface area contributed by atoms with Crippen LogP contribution in [0.4, 0.5) is 0 Å². The quantitative estimate of drug-likeness (QED) is 0.420. The van der Waals surface area contributed by atoms with Gasteiger partial charge >= 0.3 is 0 Å². The zero-order chi connectivity index (χ0) is 16.5. The fourth-order valence-electron chi connectivity index (χ4n) is 2.12. The second-order valence-corrected chi connectivity index (χ2v) is 5.64. The number of rotatable bonds is 8. The molecule has 0 saturated heterocycles. The summed E-state index contributed by atoms with van der Waals surface area (Å²) in [5, 5.41) is 0. The van der Waals surface area contributed by atoms with Crippen molar-refractivity contribution in [2.45, 2.75) is 6.42 Å². The first-order chi connectivity index (χ1) is 11.1. The Balaban J connectivity index is 1.86. The molecule has 0 aliphatic rings. The molecule has 0 heterocycles. The molecule has 0 aliphatic heterocycles. The molecule has 0 N–H and O–H groups in total. The second kappa shape index (κ2) is 8.91. The second-order valence-electron chi connectivity index (χ2n) is 5.64. The molecule has 2 aromatic rings. The van der Waals surface area contributed by atoms with Gasteiger partial charge in [-0.05, 0) is 56.4 Å². The summed E-state index contributed by atoms with van der Waals surface area (Å²) in [6.45, 7) is 1.68. The average molecular weight is 309 g/mol. The number of carbonyl (C=O) groups excluding carboxylic acids is 1. The maximum atomic E-state index is 12.1. The maximum Gasteiger partial charge on any atom is 0.185 e. The van der Waals surface area contributed by atoms with Crippen LogP contribution in [0, 0.1) is 0 Å². The molecule has 0 aromatic heterocycles. The molecule has 0 saturated carbocycles. The van der Waals surface area contributed by atoms with Crippen molar-refractivity contribution in [1.29, 1.82) is 0 Å². The summed E-state index contributed by atoms with van der Waals surface area (Å²) in [6.07, 6.45) is 4.41. The van der Waals surface area contributed by atoms with E-state index in [0.717, 1.165) is 24.3 Å². The van der Waals surface area contributed by atoms with Crippen molar-refractivity contribution in [3.8, 4) is 5.75 Å². The minimum atomic E-state index is -0.00647. The van der Waals surface area contributed by atoms with E-state index in [9.17, 15) is 4.79 Å². The van der Waals surface area contributed by atoms with Crippen molar-refractivity contribution in [1.82, 2.24) is 4.90 Å². The zero-order valence-corrected chi connectivity index (χ0v) is 13.7. The van der Waals surface area contributed by atoms with Gasteiger partial charge in [0.25, 0.3) is 0 Å². The standard InChI is InChI=1S/C20H23NO2/c1-21(2)15-6-16-23-19-12-10-18(11-13-19)20(22)14-9-17-7-4-3-5-8-17/h3-5,7-14H,6,15-16H2,1-2H3/b14-9+. The number of ketones is 1. The highest BCUT2D eigenvalue weighted by Crippen LogP contribution is 2.14. The Bertz CT molecular complexity index is 630. The Morgan fingerprint density at radius 1 is 1.04 bits per heavy atom. The van der Waals surface area contributed by atoms with Crippen LogP contribution >= 0.6 is 0 Å². The van der Waals surface area contributed by atoms with E-state index in [2.05, 4.69) is 4.90 Å². The summed E-state index contributed by atoms with van der Waals surface area (Å²) < 4.78 is 5.66. The molecule has 2 rings (SSSR count). The van der Waals surface area contributed by atoms with Gasteiger partial charge in [-0.15, -0.1) is 0 Å². The van der Waals surface area contributed by atoms with Crippen LogP contribution in [0.1, 0.15) is 22.3 Å². The molecule has 2 aromatic carbocycles. The van der Waals surface area contributed by atoms with E-state index in [1.165, 1.54) is 0 Å². The molecule has 3 nitrogen and oxygen atoms in total. The highest BCUT2D eigenvalue weighted by Gasteiger charge is 2.02. The summed E-state index contributed by atoms with van der Waals surface area (Å²) >= 11 is 0. The molecule has 0 aliphatic carbocycles. The van der Waals surface area contributed by atoms with Gasteiger partial charge in [-0.2, -0.15) is 0 Å². The largest absolute Gasteiger partial charge is 0.494 e. The first kappa shape index (κ1) is 17.0. The molecule has 0 bridgehead atoms. The van der Waals surface area contributed by atoms with E-state index in [1.54, 1.807) is 18.2 Å². The number of carbonyl (C=O) groups is 1. The van der Waals surface area contributed by atoms with Crippen LogP contribution < -0.4 is 4.74 Å². The molecule has 3 heteroatoms. The van der Waals surface area contributed by atoms with Crippen molar-refractivity contribution in [3.63, 3.8) is 0 Å². The number of hydrogen-bond donors (Lipinski definition) is 0. The molecule has 0 radical (unpaired) electrons. The number of hydrogen-bond acceptors (Lipinski definition) is 3. The zero-order valence-electron chi connectivity index (χ0n) is 13.7. The van der Waals surface area contributed by atoms with Gasteiger partial charge in [0.05, 0.1) is 6.61 Å². The van der Waals surface area contributed by atoms with Crippen LogP contribution in [0.3, 0.4) is 0 Å². The van der Waals surface area contributed by atoms with Gasteiger partial charge < -0.3 is 9.64 Å². The lowest BCUT2D eigenvalue weighted by atomic mass is 10.1. The van der Waals surface area contributed by atoms with Crippen molar-refractivity contribution in [2.24, 2.45) is 0 Å². The third-order valence-electron chi connectivity index (χ3n) is 3.38. The summed E-state index contributed by atoms with van der Waals surface area (Å²) in [5.74, 6) is 0.792. The molecular weight excluding hydrogens is 286 g/mol. The van der Waals surface area contributed by atoms with E-state index in [0.29, 0.717) is 12.2 Å². The molecule has 0 unspecified atom stereocenters. The van der Waals surface area contributed by atoms with Crippen LogP contribution in [-0.4, -0.2) is 37.9 Å². The van der Waals surface area contributed by atoms with E-state index in [-0.39, 0.29) is 5.78 Å². The van der Waals surface area contributed by atoms with Crippen molar-refractivity contribution >= 4 is 11.9 Å². The Hall–Kier alpha value is -2.39. The SMILES string of the molecule is CN(C)CCCOc1ccc(C(=O)/C=C/c2ccccc2)cc1. The van der Waals surface area contributed by atoms with Gasteiger partial charge in [-0.3, -0.25) is 4.79 Å². The Labute approximate surface area is 138 Å². The average Bonchev–Trinajstić information content (AvgIpc) is 2.58. The molecule has 23 heavy (non-hydrogen) atoms. The van der Waals surface area contributed by atoms with Crippen LogP contribution in [0.5, 0.6) is 5.75 Å². The van der Waals surface area contributed by atoms with Crippen molar-refractivity contribution in [2.75, 3.05) is 27.2 Å². The molecular formula is C20H23NO2. The molecule has 0 spiro atoms. The van der Waals surface area contributed by atoms with Crippen LogP contribution in [-0.2, 0) is 0 Å². The fourth-order valence-corrected chi connectivity index (χ4v) is 2.12. The Kier molecular flexibility index (Phi) is 6.57. The smallest absolute Gasteiger partial charge is 0.185 e. The normalized spacial score (nSPS) is 11.1. The van der Waals surface area contributed by atoms with Crippen LogP contribution in [0.25, 0.3) is 6.08 Å². The first-order valence-corrected chi connectivity index (χ1v) is 7.80. The Morgan fingerprint density at radius 3 is 2.39 bits per heavy atom. The summed E-state index contributed by atoms with van der Waals surface area (Å²) in [5.41, 5.74) is 1.68. The topological polar surface area (TPSA) is 29.5 Å². The van der Waals surface area contributed by atoms with Crippen molar-refractivity contribution < 1.29 is 9.53 Å². The molecule has 0 amide bonds. The van der Waals surface area contributed by atoms with Crippen LogP contribution in [0.15, 0.2) is 60.7 Å². The van der Waals surface area contributed by atoms with E-state index in [4.69, 9.17) is 4.74 Å². The highest BCUT2D eigenvalue weighted by atomic mass is 16.5. The summed E-state index contributed by atoms with van der Waals surface area (Å²) in [6, 6.07) is 17.1. The summed E-state index contributed by atoms with van der Waals surface area (Å²) in [7, 11) is 4.09. The maximum absolute atomic E-state index is 12.1. The highest BCUT2D eigenvalue weighted by molar-refractivity contribution is 6.06. The van der Waals surface area contributed by atoms with Gasteiger partial charge in [-0.25, -0.2) is 0 Å². The minimum Gasteiger partial charge on any atom is -0.494 e. The summed E-state index contributed by atoms with van der Waals surface area (Å²) in [4.78, 5) is 14.3. The van der Waals surface area contributed by atoms with E-state index >= 15 is 0 Å². The van der Waals surface area contributed by atoms with Gasteiger partial charge in [0, 0.05) is 12.1 Å². The lowest BCUT2D eigenvalue weighted by molar-refractivity contribution is 0.104. The van der Waals surface area contributed by atoms with E-state index < -0.39 is 0 Å². The van der Waals surface area contributed by atoms with Crippen molar-refractivity contribution in [3.05, 3.63) is 71.8 Å². The number of ether oxygens (including phenoxy) is 1. The minimum absolute atomic E-state index is 0.00647. The monoisotopic (exact) mass is 309 g/mol. The van der Waals surface area contributed by atoms with Crippen LogP contribution in [0.2, 0.25) is 0 Å². The molecule has 120 valence electrons. The van der Waals surface area contributed by atoms with Gasteiger partial charge in [-0.1, -0.05) is 36.4 Å². The number of nitrogens with zero attached hydrogens (tertiary/aromatic N) is 1. The predicted molar refractivity (Wildman–Crippen MR) is 94.9 cm³/mol. The number of benzene rings is 2. The van der Waals surface area contributed by atoms with Gasteiger partial charge in [0.15, 0.2) is 5.78 Å². The first-order valence-electron chi connectivity index (χ1n) is 7.80. The lowest BCUT2D eigenvalue weighted by Crippen LogP contribution is -2.15. The molecule has 0 atom stereocenters. The third kappa shape index (κ3) is 6.09. The van der Waals surface area contributed by atoms with Gasteiger partial charge in [0.2, 0.25) is 0 Å². The Morgan fingerprint density at radius 2 is 1.74 bits per heavy atom. The lowest BCUT2D eigenvalue weighted by Gasteiger charge is -2.10.